The lowest BCUT2D eigenvalue weighted by Crippen LogP contribution is -2.33. The number of nitrogens with one attached hydrogen (secondary N) is 1. The van der Waals surface area contributed by atoms with Gasteiger partial charge in [-0.1, -0.05) is 18.2 Å². The molecule has 98 valence electrons. The molecule has 4 heteroatoms. The Bertz CT molecular complexity index is 422. The van der Waals surface area contributed by atoms with E-state index >= 15 is 0 Å². The van der Waals surface area contributed by atoms with Gasteiger partial charge in [-0.25, -0.2) is 0 Å². The predicted molar refractivity (Wildman–Crippen MR) is 76.1 cm³/mol. The minimum absolute atomic E-state index is 0.0470. The third kappa shape index (κ3) is 2.87. The molecule has 18 heavy (non-hydrogen) atoms. The van der Waals surface area contributed by atoms with Crippen LogP contribution in [-0.2, 0) is 4.79 Å². The van der Waals surface area contributed by atoms with E-state index in [1.807, 2.05) is 31.1 Å². The van der Waals surface area contributed by atoms with Gasteiger partial charge in [-0.3, -0.25) is 4.79 Å². The summed E-state index contributed by atoms with van der Waals surface area (Å²) in [5.41, 5.74) is 1.20. The van der Waals surface area contributed by atoms with Gasteiger partial charge < -0.3 is 10.2 Å². The van der Waals surface area contributed by atoms with E-state index in [1.54, 1.807) is 11.8 Å². The Morgan fingerprint density at radius 1 is 1.50 bits per heavy atom. The average Bonchev–Trinajstić information content (AvgIpc) is 2.82. The van der Waals surface area contributed by atoms with Crippen LogP contribution in [0.1, 0.15) is 17.9 Å². The molecular formula is C14H20N2OS. The second-order valence-electron chi connectivity index (χ2n) is 4.62. The first-order valence-electron chi connectivity index (χ1n) is 6.35. The van der Waals surface area contributed by atoms with Crippen molar-refractivity contribution < 1.29 is 4.79 Å². The van der Waals surface area contributed by atoms with Gasteiger partial charge in [0.15, 0.2) is 0 Å². The fourth-order valence-corrected chi connectivity index (χ4v) is 3.46. The Morgan fingerprint density at radius 2 is 2.28 bits per heavy atom. The van der Waals surface area contributed by atoms with E-state index in [2.05, 4.69) is 17.4 Å². The van der Waals surface area contributed by atoms with Gasteiger partial charge in [0, 0.05) is 24.2 Å². The van der Waals surface area contributed by atoms with Crippen LogP contribution in [0.5, 0.6) is 0 Å². The van der Waals surface area contributed by atoms with E-state index < -0.39 is 0 Å². The quantitative estimate of drug-likeness (QED) is 0.825. The zero-order valence-electron chi connectivity index (χ0n) is 11.0. The molecular weight excluding hydrogens is 244 g/mol. The molecule has 1 aromatic carbocycles. The smallest absolute Gasteiger partial charge is 0.230 e. The van der Waals surface area contributed by atoms with Gasteiger partial charge in [0.2, 0.25) is 5.91 Å². The van der Waals surface area contributed by atoms with Crippen molar-refractivity contribution in [2.24, 2.45) is 0 Å². The van der Waals surface area contributed by atoms with Crippen LogP contribution in [0.15, 0.2) is 29.2 Å². The number of hydrogen-bond acceptors (Lipinski definition) is 3. The number of likely N-dealkylation sites (N-methyl/N-ethyl adjacent to an activating group) is 1. The number of fused-ring (bicyclic) bond motifs is 1. The zero-order chi connectivity index (χ0) is 13.0. The monoisotopic (exact) mass is 264 g/mol. The molecule has 1 atom stereocenters. The predicted octanol–water partition coefficient (Wildman–Crippen LogP) is 1.94. The number of carbonyl (C=O) groups is 1. The molecule has 1 aromatic rings. The lowest BCUT2D eigenvalue weighted by Gasteiger charge is -2.21. The number of hydrogen-bond donors (Lipinski definition) is 1. The normalized spacial score (nSPS) is 17.6. The van der Waals surface area contributed by atoms with Gasteiger partial charge in [0.25, 0.3) is 0 Å². The van der Waals surface area contributed by atoms with Crippen LogP contribution >= 0.6 is 11.8 Å². The first-order chi connectivity index (χ1) is 8.74. The summed E-state index contributed by atoms with van der Waals surface area (Å²) in [7, 11) is 3.84. The van der Waals surface area contributed by atoms with Gasteiger partial charge in [-0.2, -0.15) is 0 Å². The molecule has 1 heterocycles. The zero-order valence-corrected chi connectivity index (χ0v) is 11.8. The van der Waals surface area contributed by atoms with Crippen molar-refractivity contribution in [3.05, 3.63) is 29.8 Å². The first kappa shape index (κ1) is 13.4. The molecule has 0 aliphatic carbocycles. The molecule has 0 saturated carbocycles. The SMILES string of the molecule is CNCCCN(C)C(=O)C1CSc2ccccc21. The van der Waals surface area contributed by atoms with Crippen molar-refractivity contribution in [3.8, 4) is 0 Å². The number of thioether (sulfide) groups is 1. The summed E-state index contributed by atoms with van der Waals surface area (Å²) in [6, 6.07) is 8.24. The molecule has 0 fully saturated rings. The third-order valence-corrected chi connectivity index (χ3v) is 4.48. The Labute approximate surface area is 113 Å². The maximum absolute atomic E-state index is 12.4. The lowest BCUT2D eigenvalue weighted by atomic mass is 10.00. The van der Waals surface area contributed by atoms with Crippen LogP contribution in [0.2, 0.25) is 0 Å². The fraction of sp³-hybridized carbons (Fsp3) is 0.500. The number of nitrogens with zero attached hydrogens (tertiary/aromatic N) is 1. The first-order valence-corrected chi connectivity index (χ1v) is 7.34. The summed E-state index contributed by atoms with van der Waals surface area (Å²) in [5.74, 6) is 1.18. The minimum atomic E-state index is 0.0470. The van der Waals surface area contributed by atoms with Gasteiger partial charge in [0.05, 0.1) is 5.92 Å². The summed E-state index contributed by atoms with van der Waals surface area (Å²) in [4.78, 5) is 15.5. The van der Waals surface area contributed by atoms with Crippen LogP contribution < -0.4 is 5.32 Å². The average molecular weight is 264 g/mol. The van der Waals surface area contributed by atoms with E-state index in [0.717, 1.165) is 25.3 Å². The standard InChI is InChI=1S/C14H20N2OS/c1-15-8-5-9-16(2)14(17)12-10-18-13-7-4-3-6-11(12)13/h3-4,6-7,12,15H,5,8-10H2,1-2H3. The van der Waals surface area contributed by atoms with Crippen molar-refractivity contribution in [3.63, 3.8) is 0 Å². The van der Waals surface area contributed by atoms with Gasteiger partial charge in [0.1, 0.15) is 0 Å². The molecule has 1 aliphatic rings. The lowest BCUT2D eigenvalue weighted by molar-refractivity contribution is -0.131. The van der Waals surface area contributed by atoms with Crippen LogP contribution in [0.3, 0.4) is 0 Å². The summed E-state index contributed by atoms with van der Waals surface area (Å²) in [6.45, 7) is 1.77. The maximum atomic E-state index is 12.4. The molecule has 0 bridgehead atoms. The molecule has 0 radical (unpaired) electrons. The summed E-state index contributed by atoms with van der Waals surface area (Å²) >= 11 is 1.79. The van der Waals surface area contributed by atoms with Crippen LogP contribution in [0.4, 0.5) is 0 Å². The van der Waals surface area contributed by atoms with Crippen LogP contribution in [0.25, 0.3) is 0 Å². The molecule has 0 aromatic heterocycles. The Hall–Kier alpha value is -1.00. The third-order valence-electron chi connectivity index (χ3n) is 3.29. The minimum Gasteiger partial charge on any atom is -0.345 e. The summed E-state index contributed by atoms with van der Waals surface area (Å²) in [6.07, 6.45) is 1.00. The number of carbonyl (C=O) groups excluding carboxylic acids is 1. The molecule has 2 rings (SSSR count). The second kappa shape index (κ2) is 6.25. The summed E-state index contributed by atoms with van der Waals surface area (Å²) in [5, 5.41) is 3.11. The van der Waals surface area contributed by atoms with Crippen molar-refractivity contribution >= 4 is 17.7 Å². The summed E-state index contributed by atoms with van der Waals surface area (Å²) < 4.78 is 0. The number of rotatable bonds is 5. The van der Waals surface area contributed by atoms with Gasteiger partial charge >= 0.3 is 0 Å². The van der Waals surface area contributed by atoms with Gasteiger partial charge in [-0.15, -0.1) is 11.8 Å². The van der Waals surface area contributed by atoms with Crippen molar-refractivity contribution in [2.45, 2.75) is 17.2 Å². The molecule has 0 saturated heterocycles. The Morgan fingerprint density at radius 3 is 3.06 bits per heavy atom. The highest BCUT2D eigenvalue weighted by Crippen LogP contribution is 2.39. The van der Waals surface area contributed by atoms with Crippen molar-refractivity contribution in [1.29, 1.82) is 0 Å². The van der Waals surface area contributed by atoms with Gasteiger partial charge in [-0.05, 0) is 31.6 Å². The number of benzene rings is 1. The molecule has 3 nitrogen and oxygen atoms in total. The second-order valence-corrected chi connectivity index (χ2v) is 5.68. The highest BCUT2D eigenvalue weighted by Gasteiger charge is 2.30. The molecule has 1 aliphatic heterocycles. The molecule has 1 unspecified atom stereocenters. The topological polar surface area (TPSA) is 32.3 Å². The maximum Gasteiger partial charge on any atom is 0.230 e. The van der Waals surface area contributed by atoms with E-state index in [0.29, 0.717) is 0 Å². The Balaban J connectivity index is 1.98. The van der Waals surface area contributed by atoms with E-state index in [4.69, 9.17) is 0 Å². The van der Waals surface area contributed by atoms with E-state index in [-0.39, 0.29) is 11.8 Å². The molecule has 0 spiro atoms. The van der Waals surface area contributed by atoms with E-state index in [9.17, 15) is 4.79 Å². The highest BCUT2D eigenvalue weighted by atomic mass is 32.2. The number of amides is 1. The fourth-order valence-electron chi connectivity index (χ4n) is 2.24. The Kier molecular flexibility index (Phi) is 4.66. The molecule has 1 N–H and O–H groups in total. The van der Waals surface area contributed by atoms with Crippen LogP contribution in [0, 0.1) is 0 Å². The largest absolute Gasteiger partial charge is 0.345 e. The molecule has 1 amide bonds. The van der Waals surface area contributed by atoms with Crippen molar-refractivity contribution in [1.82, 2.24) is 10.2 Å². The highest BCUT2D eigenvalue weighted by molar-refractivity contribution is 7.99. The van der Waals surface area contributed by atoms with E-state index in [1.165, 1.54) is 10.5 Å². The van der Waals surface area contributed by atoms with Crippen LogP contribution in [-0.4, -0.2) is 43.7 Å². The van der Waals surface area contributed by atoms with Crippen molar-refractivity contribution in [2.75, 3.05) is 32.9 Å².